The molecule has 2 N–H and O–H groups in total. The molecule has 0 amide bonds. The monoisotopic (exact) mass is 211 g/mol. The van der Waals surface area contributed by atoms with Crippen molar-refractivity contribution >= 4 is 11.6 Å². The molecule has 2 nitrogen and oxygen atoms in total. The van der Waals surface area contributed by atoms with Crippen molar-refractivity contribution in [3.63, 3.8) is 0 Å². The Morgan fingerprint density at radius 1 is 1.50 bits per heavy atom. The van der Waals surface area contributed by atoms with E-state index in [4.69, 9.17) is 21.8 Å². The van der Waals surface area contributed by atoms with Crippen molar-refractivity contribution in [2.45, 2.75) is 31.6 Å². The number of aryl methyl sites for hydroxylation is 1. The summed E-state index contributed by atoms with van der Waals surface area (Å²) in [5.41, 5.74) is 7.65. The van der Waals surface area contributed by atoms with Crippen LogP contribution in [-0.4, -0.2) is 6.54 Å². The van der Waals surface area contributed by atoms with E-state index in [1.165, 1.54) is 24.8 Å². The highest BCUT2D eigenvalue weighted by Crippen LogP contribution is 2.61. The van der Waals surface area contributed by atoms with Gasteiger partial charge in [-0.1, -0.05) is 0 Å². The Bertz CT molecular complexity index is 367. The van der Waals surface area contributed by atoms with Crippen molar-refractivity contribution in [2.24, 2.45) is 11.1 Å². The molecule has 76 valence electrons. The van der Waals surface area contributed by atoms with Gasteiger partial charge in [0.1, 0.15) is 5.76 Å². The van der Waals surface area contributed by atoms with Crippen molar-refractivity contribution in [3.8, 4) is 0 Å². The number of hydrogen-bond donors (Lipinski definition) is 1. The lowest BCUT2D eigenvalue weighted by Gasteiger charge is -2.30. The van der Waals surface area contributed by atoms with Crippen molar-refractivity contribution in [3.05, 3.63) is 22.6 Å². The van der Waals surface area contributed by atoms with Crippen LogP contribution in [0.4, 0.5) is 0 Å². The zero-order valence-corrected chi connectivity index (χ0v) is 8.81. The third-order valence-corrected chi connectivity index (χ3v) is 4.09. The van der Waals surface area contributed by atoms with Gasteiger partial charge in [-0.15, -0.1) is 0 Å². The van der Waals surface area contributed by atoms with Crippen LogP contribution in [0.15, 0.2) is 10.5 Å². The second-order valence-corrected chi connectivity index (χ2v) is 4.95. The molecule has 1 saturated carbocycles. The van der Waals surface area contributed by atoms with E-state index in [-0.39, 0.29) is 0 Å². The van der Waals surface area contributed by atoms with E-state index in [1.54, 1.807) is 0 Å². The lowest BCUT2D eigenvalue weighted by Crippen LogP contribution is -2.27. The molecule has 14 heavy (non-hydrogen) atoms. The molecule has 1 fully saturated rings. The van der Waals surface area contributed by atoms with Crippen LogP contribution in [0, 0.1) is 5.41 Å². The van der Waals surface area contributed by atoms with E-state index < -0.39 is 0 Å². The van der Waals surface area contributed by atoms with Crippen LogP contribution >= 0.6 is 11.6 Å². The van der Waals surface area contributed by atoms with E-state index in [1.807, 2.05) is 6.07 Å². The maximum absolute atomic E-state index is 5.88. The van der Waals surface area contributed by atoms with Crippen LogP contribution in [0.2, 0.25) is 5.22 Å². The van der Waals surface area contributed by atoms with Gasteiger partial charge in [0, 0.05) is 17.9 Å². The molecule has 2 aliphatic carbocycles. The predicted octanol–water partition coefficient (Wildman–Crippen LogP) is 2.70. The van der Waals surface area contributed by atoms with Gasteiger partial charge in [0.25, 0.3) is 0 Å². The molecule has 0 radical (unpaired) electrons. The Kier molecular flexibility index (Phi) is 1.74. The van der Waals surface area contributed by atoms with E-state index in [0.29, 0.717) is 16.6 Å². The summed E-state index contributed by atoms with van der Waals surface area (Å²) in [7, 11) is 0. The van der Waals surface area contributed by atoms with Gasteiger partial charge in [-0.2, -0.15) is 0 Å². The van der Waals surface area contributed by atoms with Crippen LogP contribution in [0.25, 0.3) is 0 Å². The summed E-state index contributed by atoms with van der Waals surface area (Å²) in [5, 5.41) is 0.520. The first-order chi connectivity index (χ1) is 6.75. The third kappa shape index (κ3) is 1.07. The second kappa shape index (κ2) is 2.77. The fraction of sp³-hybridized carbons (Fsp3) is 0.636. The summed E-state index contributed by atoms with van der Waals surface area (Å²) in [4.78, 5) is 0. The predicted molar refractivity (Wildman–Crippen MR) is 55.5 cm³/mol. The van der Waals surface area contributed by atoms with Crippen LogP contribution in [0.3, 0.4) is 0 Å². The molecule has 1 atom stereocenters. The second-order valence-electron chi connectivity index (χ2n) is 4.58. The molecule has 1 unspecified atom stereocenters. The first-order valence-electron chi connectivity index (χ1n) is 5.23. The van der Waals surface area contributed by atoms with E-state index in [9.17, 15) is 0 Å². The minimum absolute atomic E-state index is 0.488. The van der Waals surface area contributed by atoms with Gasteiger partial charge in [-0.25, -0.2) is 0 Å². The molecule has 0 saturated heterocycles. The van der Waals surface area contributed by atoms with Gasteiger partial charge in [0.05, 0.1) is 0 Å². The fourth-order valence-electron chi connectivity index (χ4n) is 2.90. The first-order valence-corrected chi connectivity index (χ1v) is 5.61. The summed E-state index contributed by atoms with van der Waals surface area (Å²) < 4.78 is 5.47. The Labute approximate surface area is 88.4 Å². The topological polar surface area (TPSA) is 39.2 Å². The van der Waals surface area contributed by atoms with Crippen LogP contribution in [0.5, 0.6) is 0 Å². The Hall–Kier alpha value is -0.470. The fourth-order valence-corrected chi connectivity index (χ4v) is 3.11. The minimum atomic E-state index is 0.488. The van der Waals surface area contributed by atoms with Crippen molar-refractivity contribution in [1.29, 1.82) is 0 Å². The van der Waals surface area contributed by atoms with Gasteiger partial charge in [0.2, 0.25) is 0 Å². The summed E-state index contributed by atoms with van der Waals surface area (Å²) in [6, 6.07) is 1.97. The Morgan fingerprint density at radius 3 is 2.93 bits per heavy atom. The van der Waals surface area contributed by atoms with Gasteiger partial charge in [-0.05, 0) is 48.9 Å². The lowest BCUT2D eigenvalue weighted by atomic mass is 9.75. The SMILES string of the molecule is NCC1c2cc(Cl)oc2CCC12CC2. The van der Waals surface area contributed by atoms with Gasteiger partial charge < -0.3 is 10.2 Å². The Balaban J connectivity index is 2.05. The molecule has 1 aromatic heterocycles. The zero-order chi connectivity index (χ0) is 9.76. The normalized spacial score (nSPS) is 27.7. The number of furan rings is 1. The van der Waals surface area contributed by atoms with Gasteiger partial charge >= 0.3 is 0 Å². The van der Waals surface area contributed by atoms with E-state index >= 15 is 0 Å². The largest absolute Gasteiger partial charge is 0.449 e. The van der Waals surface area contributed by atoms with Crippen LogP contribution in [0.1, 0.15) is 36.5 Å². The minimum Gasteiger partial charge on any atom is -0.449 e. The summed E-state index contributed by atoms with van der Waals surface area (Å²) in [5.74, 6) is 1.56. The molecular formula is C11H14ClNO. The van der Waals surface area contributed by atoms with E-state index in [2.05, 4.69) is 0 Å². The molecule has 1 spiro atoms. The maximum atomic E-state index is 5.88. The molecule has 0 bridgehead atoms. The molecule has 3 rings (SSSR count). The quantitative estimate of drug-likeness (QED) is 0.776. The number of nitrogens with two attached hydrogens (primary N) is 1. The molecule has 2 aliphatic rings. The van der Waals surface area contributed by atoms with Crippen LogP contribution in [-0.2, 0) is 6.42 Å². The van der Waals surface area contributed by atoms with Crippen LogP contribution < -0.4 is 5.73 Å². The highest BCUT2D eigenvalue weighted by atomic mass is 35.5. The smallest absolute Gasteiger partial charge is 0.193 e. The summed E-state index contributed by atoms with van der Waals surface area (Å²) in [6.45, 7) is 0.725. The lowest BCUT2D eigenvalue weighted by molar-refractivity contribution is 0.326. The highest BCUT2D eigenvalue weighted by molar-refractivity contribution is 6.28. The van der Waals surface area contributed by atoms with Gasteiger partial charge in [0.15, 0.2) is 5.22 Å². The summed E-state index contributed by atoms with van der Waals surface area (Å²) in [6.07, 6.45) is 4.93. The molecule has 3 heteroatoms. The van der Waals surface area contributed by atoms with Crippen molar-refractivity contribution in [1.82, 2.24) is 0 Å². The molecule has 1 aromatic rings. The number of fused-ring (bicyclic) bond motifs is 1. The van der Waals surface area contributed by atoms with Gasteiger partial charge in [-0.3, -0.25) is 0 Å². The highest BCUT2D eigenvalue weighted by Gasteiger charge is 2.52. The average Bonchev–Trinajstić information content (AvgIpc) is 2.82. The molecule has 0 aromatic carbocycles. The van der Waals surface area contributed by atoms with E-state index in [0.717, 1.165) is 18.7 Å². The molecule has 1 heterocycles. The number of hydrogen-bond acceptors (Lipinski definition) is 2. The zero-order valence-electron chi connectivity index (χ0n) is 8.05. The molecular weight excluding hydrogens is 198 g/mol. The summed E-state index contributed by atoms with van der Waals surface area (Å²) >= 11 is 5.88. The molecule has 0 aliphatic heterocycles. The van der Waals surface area contributed by atoms with Crippen molar-refractivity contribution in [2.75, 3.05) is 6.54 Å². The van der Waals surface area contributed by atoms with Crippen molar-refractivity contribution < 1.29 is 4.42 Å². The average molecular weight is 212 g/mol. The maximum Gasteiger partial charge on any atom is 0.193 e. The number of rotatable bonds is 1. The third-order valence-electron chi connectivity index (χ3n) is 3.90. The number of halogens is 1. The Morgan fingerprint density at radius 2 is 2.29 bits per heavy atom. The first kappa shape index (κ1) is 8.81. The standard InChI is InChI=1S/C11H14ClNO/c12-10-5-7-8(6-13)11(3-4-11)2-1-9(7)14-10/h5,8H,1-4,6,13H2.